The standard InChI is InChI=1S/C12H21NO2/c1-3-11-8-6-4-5-7-9-13(11)12(14)10-15-2/h3,11H,1,4-10H2,2H3. The summed E-state index contributed by atoms with van der Waals surface area (Å²) in [5.74, 6) is 0.0873. The minimum absolute atomic E-state index is 0.0873. The number of likely N-dealkylation sites (tertiary alicyclic amines) is 1. The molecular formula is C12H21NO2. The van der Waals surface area contributed by atoms with Crippen molar-refractivity contribution in [3.8, 4) is 0 Å². The fourth-order valence-electron chi connectivity index (χ4n) is 2.07. The molecule has 1 fully saturated rings. The van der Waals surface area contributed by atoms with Crippen LogP contribution in [0, 0.1) is 0 Å². The average Bonchev–Trinajstić information content (AvgIpc) is 2.18. The average molecular weight is 211 g/mol. The molecule has 1 atom stereocenters. The van der Waals surface area contributed by atoms with Gasteiger partial charge < -0.3 is 9.64 Å². The molecule has 0 spiro atoms. The lowest BCUT2D eigenvalue weighted by atomic mass is 10.0. The summed E-state index contributed by atoms with van der Waals surface area (Å²) in [6, 6.07) is 0.202. The van der Waals surface area contributed by atoms with Crippen molar-refractivity contribution >= 4 is 5.91 Å². The maximum atomic E-state index is 11.8. The molecule has 0 bridgehead atoms. The molecule has 1 aliphatic rings. The van der Waals surface area contributed by atoms with E-state index < -0.39 is 0 Å². The van der Waals surface area contributed by atoms with E-state index in [1.54, 1.807) is 7.11 Å². The smallest absolute Gasteiger partial charge is 0.249 e. The first-order chi connectivity index (χ1) is 7.29. The van der Waals surface area contributed by atoms with Gasteiger partial charge in [0.2, 0.25) is 5.91 Å². The largest absolute Gasteiger partial charge is 0.375 e. The number of hydrogen-bond donors (Lipinski definition) is 0. The van der Waals surface area contributed by atoms with Crippen molar-refractivity contribution in [2.24, 2.45) is 0 Å². The SMILES string of the molecule is C=CC1CCCCCCN1C(=O)COC. The Morgan fingerprint density at radius 3 is 2.87 bits per heavy atom. The van der Waals surface area contributed by atoms with Gasteiger partial charge in [0.25, 0.3) is 0 Å². The summed E-state index contributed by atoms with van der Waals surface area (Å²) in [4.78, 5) is 13.7. The van der Waals surface area contributed by atoms with Gasteiger partial charge in [-0.3, -0.25) is 4.79 Å². The van der Waals surface area contributed by atoms with E-state index in [-0.39, 0.29) is 18.6 Å². The molecule has 0 N–H and O–H groups in total. The van der Waals surface area contributed by atoms with Crippen LogP contribution in [-0.4, -0.2) is 37.1 Å². The third kappa shape index (κ3) is 3.67. The lowest BCUT2D eigenvalue weighted by molar-refractivity contribution is -0.137. The van der Waals surface area contributed by atoms with Crippen LogP contribution in [0.25, 0.3) is 0 Å². The Hall–Kier alpha value is -0.830. The highest BCUT2D eigenvalue weighted by Crippen LogP contribution is 2.17. The van der Waals surface area contributed by atoms with Crippen LogP contribution in [0.2, 0.25) is 0 Å². The minimum atomic E-state index is 0.0873. The predicted octanol–water partition coefficient (Wildman–Crippen LogP) is 1.98. The summed E-state index contributed by atoms with van der Waals surface area (Å²) >= 11 is 0. The maximum absolute atomic E-state index is 11.8. The molecule has 0 aromatic heterocycles. The highest BCUT2D eigenvalue weighted by molar-refractivity contribution is 5.78. The van der Waals surface area contributed by atoms with Crippen LogP contribution in [0.5, 0.6) is 0 Å². The Labute approximate surface area is 92.1 Å². The van der Waals surface area contributed by atoms with Crippen LogP contribution in [0.3, 0.4) is 0 Å². The van der Waals surface area contributed by atoms with Gasteiger partial charge in [-0.25, -0.2) is 0 Å². The molecule has 15 heavy (non-hydrogen) atoms. The van der Waals surface area contributed by atoms with Crippen LogP contribution in [0.15, 0.2) is 12.7 Å². The van der Waals surface area contributed by atoms with E-state index in [0.717, 1.165) is 19.4 Å². The zero-order valence-electron chi connectivity index (χ0n) is 9.58. The first-order valence-electron chi connectivity index (χ1n) is 5.70. The summed E-state index contributed by atoms with van der Waals surface area (Å²) in [5, 5.41) is 0. The predicted molar refractivity (Wildman–Crippen MR) is 60.7 cm³/mol. The zero-order valence-corrected chi connectivity index (χ0v) is 9.58. The van der Waals surface area contributed by atoms with Crippen molar-refractivity contribution in [3.63, 3.8) is 0 Å². The third-order valence-electron chi connectivity index (χ3n) is 2.91. The fraction of sp³-hybridized carbons (Fsp3) is 0.750. The van der Waals surface area contributed by atoms with Crippen molar-refractivity contribution in [3.05, 3.63) is 12.7 Å². The van der Waals surface area contributed by atoms with Crippen LogP contribution in [-0.2, 0) is 9.53 Å². The second-order valence-corrected chi connectivity index (χ2v) is 4.03. The van der Waals surface area contributed by atoms with Gasteiger partial charge in [0.1, 0.15) is 6.61 Å². The van der Waals surface area contributed by atoms with Gasteiger partial charge in [-0.15, -0.1) is 6.58 Å². The van der Waals surface area contributed by atoms with Crippen molar-refractivity contribution in [2.45, 2.75) is 38.1 Å². The molecule has 0 radical (unpaired) electrons. The van der Waals surface area contributed by atoms with E-state index in [1.807, 2.05) is 11.0 Å². The van der Waals surface area contributed by atoms with Gasteiger partial charge in [-0.2, -0.15) is 0 Å². The molecule has 1 heterocycles. The summed E-state index contributed by atoms with van der Waals surface area (Å²) in [5.41, 5.74) is 0. The molecule has 1 rings (SSSR count). The number of nitrogens with zero attached hydrogens (tertiary/aromatic N) is 1. The summed E-state index contributed by atoms with van der Waals surface area (Å²) in [6.45, 7) is 4.85. The molecule has 1 saturated heterocycles. The Morgan fingerprint density at radius 1 is 1.47 bits per heavy atom. The number of carbonyl (C=O) groups excluding carboxylic acids is 1. The number of ether oxygens (including phenoxy) is 1. The Kier molecular flexibility index (Phi) is 5.40. The van der Waals surface area contributed by atoms with Gasteiger partial charge >= 0.3 is 0 Å². The molecule has 0 aromatic rings. The van der Waals surface area contributed by atoms with E-state index in [0.29, 0.717) is 0 Å². The quantitative estimate of drug-likeness (QED) is 0.668. The van der Waals surface area contributed by atoms with Gasteiger partial charge in [-0.1, -0.05) is 25.3 Å². The number of rotatable bonds is 3. The van der Waals surface area contributed by atoms with E-state index in [9.17, 15) is 4.79 Å². The Balaban J connectivity index is 2.60. The maximum Gasteiger partial charge on any atom is 0.249 e. The van der Waals surface area contributed by atoms with E-state index in [1.165, 1.54) is 19.3 Å². The molecular weight excluding hydrogens is 190 g/mol. The molecule has 3 heteroatoms. The number of carbonyl (C=O) groups is 1. The number of hydrogen-bond acceptors (Lipinski definition) is 2. The number of methoxy groups -OCH3 is 1. The lowest BCUT2D eigenvalue weighted by Crippen LogP contribution is -2.42. The third-order valence-corrected chi connectivity index (χ3v) is 2.91. The fourth-order valence-corrected chi connectivity index (χ4v) is 2.07. The molecule has 86 valence electrons. The summed E-state index contributed by atoms with van der Waals surface area (Å²) in [6.07, 6.45) is 7.71. The molecule has 0 aromatic carbocycles. The first kappa shape index (κ1) is 12.2. The van der Waals surface area contributed by atoms with Gasteiger partial charge in [0.15, 0.2) is 0 Å². The van der Waals surface area contributed by atoms with Gasteiger partial charge in [0.05, 0.1) is 0 Å². The van der Waals surface area contributed by atoms with Crippen LogP contribution in [0.4, 0.5) is 0 Å². The van der Waals surface area contributed by atoms with Crippen molar-refractivity contribution in [1.82, 2.24) is 4.90 Å². The molecule has 0 aliphatic carbocycles. The first-order valence-corrected chi connectivity index (χ1v) is 5.70. The van der Waals surface area contributed by atoms with Gasteiger partial charge in [0, 0.05) is 19.7 Å². The topological polar surface area (TPSA) is 29.5 Å². The second-order valence-electron chi connectivity index (χ2n) is 4.03. The minimum Gasteiger partial charge on any atom is -0.375 e. The highest BCUT2D eigenvalue weighted by Gasteiger charge is 2.21. The normalized spacial score (nSPS) is 23.0. The molecule has 1 amide bonds. The van der Waals surface area contributed by atoms with Crippen LogP contribution >= 0.6 is 0 Å². The molecule has 0 saturated carbocycles. The highest BCUT2D eigenvalue weighted by atomic mass is 16.5. The Morgan fingerprint density at radius 2 is 2.20 bits per heavy atom. The van der Waals surface area contributed by atoms with Crippen LogP contribution < -0.4 is 0 Å². The second kappa shape index (κ2) is 6.62. The lowest BCUT2D eigenvalue weighted by Gasteiger charge is -2.31. The van der Waals surface area contributed by atoms with E-state index in [4.69, 9.17) is 4.74 Å². The Bertz CT molecular complexity index is 216. The van der Waals surface area contributed by atoms with Gasteiger partial charge in [-0.05, 0) is 12.8 Å². The summed E-state index contributed by atoms with van der Waals surface area (Å²) in [7, 11) is 1.56. The molecule has 1 unspecified atom stereocenters. The monoisotopic (exact) mass is 211 g/mol. The van der Waals surface area contributed by atoms with Crippen molar-refractivity contribution in [1.29, 1.82) is 0 Å². The van der Waals surface area contributed by atoms with E-state index in [2.05, 4.69) is 6.58 Å². The molecule has 3 nitrogen and oxygen atoms in total. The van der Waals surface area contributed by atoms with Crippen molar-refractivity contribution < 1.29 is 9.53 Å². The van der Waals surface area contributed by atoms with Crippen LogP contribution in [0.1, 0.15) is 32.1 Å². The van der Waals surface area contributed by atoms with Crippen molar-refractivity contribution in [2.75, 3.05) is 20.3 Å². The number of amides is 1. The molecule has 1 aliphatic heterocycles. The summed E-state index contributed by atoms with van der Waals surface area (Å²) < 4.78 is 4.90. The zero-order chi connectivity index (χ0) is 11.1. The van der Waals surface area contributed by atoms with E-state index >= 15 is 0 Å².